The van der Waals surface area contributed by atoms with Gasteiger partial charge in [-0.1, -0.05) is 5.11 Å². The largest absolute Gasteiger partial charge is 0.355 e. The second-order valence-electron chi connectivity index (χ2n) is 3.00. The van der Waals surface area contributed by atoms with Crippen LogP contribution < -0.4 is 5.32 Å². The molecule has 1 amide bonds. The van der Waals surface area contributed by atoms with Gasteiger partial charge in [0.1, 0.15) is 0 Å². The molecule has 0 aromatic heterocycles. The van der Waals surface area contributed by atoms with Crippen LogP contribution in [0.2, 0.25) is 0 Å². The molecule has 0 atom stereocenters. The number of azide groups is 1. The number of carbonyl (C=O) groups is 1. The molecule has 0 saturated heterocycles. The molecule has 0 aromatic rings. The van der Waals surface area contributed by atoms with Crippen molar-refractivity contribution >= 4 is 5.91 Å². The maximum atomic E-state index is 11.1. The van der Waals surface area contributed by atoms with Crippen LogP contribution in [0.5, 0.6) is 0 Å². The Labute approximate surface area is 83.9 Å². The summed E-state index contributed by atoms with van der Waals surface area (Å²) in [4.78, 5) is 15.7. The summed E-state index contributed by atoms with van der Waals surface area (Å²) in [5.74, 6) is 0.0267. The van der Waals surface area contributed by atoms with Gasteiger partial charge in [0.25, 0.3) is 0 Å². The monoisotopic (exact) mass is 199 g/mol. The maximum Gasteiger partial charge on any atom is 0.234 e. The second kappa shape index (κ2) is 8.34. The van der Waals surface area contributed by atoms with Crippen LogP contribution >= 0.6 is 0 Å². The third-order valence-corrected chi connectivity index (χ3v) is 1.65. The van der Waals surface area contributed by atoms with E-state index < -0.39 is 0 Å². The van der Waals surface area contributed by atoms with E-state index in [4.69, 9.17) is 5.53 Å². The van der Waals surface area contributed by atoms with Crippen molar-refractivity contribution in [2.75, 3.05) is 33.2 Å². The minimum Gasteiger partial charge on any atom is -0.355 e. The number of nitrogens with zero attached hydrogens (tertiary/aromatic N) is 4. The van der Waals surface area contributed by atoms with Gasteiger partial charge in [-0.05, 0) is 32.5 Å². The van der Waals surface area contributed by atoms with Crippen LogP contribution in [0.1, 0.15) is 13.3 Å². The number of hydrogen-bond acceptors (Lipinski definition) is 3. The van der Waals surface area contributed by atoms with Crippen LogP contribution in [0, 0.1) is 0 Å². The molecule has 0 rings (SSSR count). The molecule has 14 heavy (non-hydrogen) atoms. The average molecular weight is 199 g/mol. The van der Waals surface area contributed by atoms with Crippen molar-refractivity contribution in [3.05, 3.63) is 10.4 Å². The van der Waals surface area contributed by atoms with Crippen LogP contribution in [-0.2, 0) is 4.79 Å². The number of nitrogens with one attached hydrogen (secondary N) is 1. The van der Waals surface area contributed by atoms with E-state index in [0.717, 1.165) is 13.0 Å². The third kappa shape index (κ3) is 7.39. The molecule has 0 aliphatic heterocycles. The summed E-state index contributed by atoms with van der Waals surface area (Å²) in [5.41, 5.74) is 8.03. The molecule has 0 unspecified atom stereocenters. The van der Waals surface area contributed by atoms with Crippen LogP contribution in [0.25, 0.3) is 10.4 Å². The molecule has 6 nitrogen and oxygen atoms in total. The smallest absolute Gasteiger partial charge is 0.234 e. The van der Waals surface area contributed by atoms with Gasteiger partial charge in [0.15, 0.2) is 0 Å². The van der Waals surface area contributed by atoms with Crippen molar-refractivity contribution in [1.29, 1.82) is 0 Å². The lowest BCUT2D eigenvalue weighted by Gasteiger charge is -2.14. The Morgan fingerprint density at radius 1 is 1.64 bits per heavy atom. The molecule has 0 heterocycles. The molecule has 0 fully saturated rings. The Hall–Kier alpha value is -1.26. The van der Waals surface area contributed by atoms with Crippen molar-refractivity contribution in [3.8, 4) is 0 Å². The van der Waals surface area contributed by atoms with E-state index in [1.54, 1.807) is 0 Å². The Balaban J connectivity index is 3.49. The van der Waals surface area contributed by atoms with Gasteiger partial charge in [-0.3, -0.25) is 9.69 Å². The van der Waals surface area contributed by atoms with Gasteiger partial charge in [-0.25, -0.2) is 0 Å². The zero-order chi connectivity index (χ0) is 10.8. The fourth-order valence-electron chi connectivity index (χ4n) is 1.03. The fraction of sp³-hybridized carbons (Fsp3) is 0.875. The fourth-order valence-corrected chi connectivity index (χ4v) is 1.03. The quantitative estimate of drug-likeness (QED) is 0.284. The lowest BCUT2D eigenvalue weighted by molar-refractivity contribution is -0.121. The molecule has 0 radical (unpaired) electrons. The molecule has 0 aromatic carbocycles. The van der Waals surface area contributed by atoms with E-state index in [9.17, 15) is 4.79 Å². The van der Waals surface area contributed by atoms with Crippen LogP contribution in [0.15, 0.2) is 5.11 Å². The van der Waals surface area contributed by atoms with Gasteiger partial charge in [0.2, 0.25) is 5.91 Å². The van der Waals surface area contributed by atoms with E-state index in [-0.39, 0.29) is 5.91 Å². The zero-order valence-corrected chi connectivity index (χ0v) is 8.73. The first-order chi connectivity index (χ1) is 6.70. The Morgan fingerprint density at radius 2 is 2.36 bits per heavy atom. The average Bonchev–Trinajstić information content (AvgIpc) is 2.13. The molecular formula is C8H17N5O. The molecule has 1 N–H and O–H groups in total. The zero-order valence-electron chi connectivity index (χ0n) is 8.73. The highest BCUT2D eigenvalue weighted by molar-refractivity contribution is 5.77. The summed E-state index contributed by atoms with van der Waals surface area (Å²) >= 11 is 0. The van der Waals surface area contributed by atoms with E-state index in [0.29, 0.717) is 19.6 Å². The molecular weight excluding hydrogens is 182 g/mol. The van der Waals surface area contributed by atoms with Gasteiger partial charge in [-0.15, -0.1) is 0 Å². The summed E-state index contributed by atoms with van der Waals surface area (Å²) in [6, 6.07) is 0. The van der Waals surface area contributed by atoms with Crippen molar-refractivity contribution in [3.63, 3.8) is 0 Å². The third-order valence-electron chi connectivity index (χ3n) is 1.65. The van der Waals surface area contributed by atoms with Gasteiger partial charge in [0.05, 0.1) is 6.54 Å². The number of carbonyl (C=O) groups excluding carboxylic acids is 1. The Bertz CT molecular complexity index is 212. The second-order valence-corrected chi connectivity index (χ2v) is 3.00. The topological polar surface area (TPSA) is 81.1 Å². The molecule has 0 spiro atoms. The van der Waals surface area contributed by atoms with Crippen LogP contribution in [-0.4, -0.2) is 44.0 Å². The number of likely N-dealkylation sites (N-methyl/N-ethyl adjacent to an activating group) is 2. The van der Waals surface area contributed by atoms with Gasteiger partial charge in [-0.2, -0.15) is 0 Å². The van der Waals surface area contributed by atoms with Gasteiger partial charge >= 0.3 is 0 Å². The van der Waals surface area contributed by atoms with E-state index in [1.807, 2.05) is 18.9 Å². The molecule has 0 bridgehead atoms. The maximum absolute atomic E-state index is 11.1. The van der Waals surface area contributed by atoms with Crippen molar-refractivity contribution in [2.24, 2.45) is 5.11 Å². The summed E-state index contributed by atoms with van der Waals surface area (Å²) in [7, 11) is 1.87. The molecule has 0 aliphatic carbocycles. The lowest BCUT2D eigenvalue weighted by atomic mass is 10.4. The molecule has 0 aliphatic rings. The van der Waals surface area contributed by atoms with Crippen molar-refractivity contribution < 1.29 is 4.79 Å². The predicted octanol–water partition coefficient (Wildman–Crippen LogP) is 0.755. The number of amides is 1. The van der Waals surface area contributed by atoms with Crippen LogP contribution in [0.3, 0.4) is 0 Å². The Kier molecular flexibility index (Phi) is 7.59. The summed E-state index contributed by atoms with van der Waals surface area (Å²) in [5, 5.41) is 6.13. The first-order valence-electron chi connectivity index (χ1n) is 4.66. The number of hydrogen-bond donors (Lipinski definition) is 1. The summed E-state index contributed by atoms with van der Waals surface area (Å²) < 4.78 is 0. The van der Waals surface area contributed by atoms with Crippen LogP contribution in [0.4, 0.5) is 0 Å². The van der Waals surface area contributed by atoms with E-state index in [2.05, 4.69) is 15.3 Å². The van der Waals surface area contributed by atoms with E-state index in [1.165, 1.54) is 0 Å². The normalized spacial score (nSPS) is 9.64. The summed E-state index contributed by atoms with van der Waals surface area (Å²) in [6.45, 7) is 4.18. The van der Waals surface area contributed by atoms with Crippen molar-refractivity contribution in [2.45, 2.75) is 13.3 Å². The number of rotatable bonds is 7. The predicted molar refractivity (Wildman–Crippen MR) is 54.8 cm³/mol. The van der Waals surface area contributed by atoms with E-state index >= 15 is 0 Å². The molecule has 80 valence electrons. The molecule has 6 heteroatoms. The standard InChI is InChI=1S/C8H17N5O/c1-3-10-8(14)7-13(2)6-4-5-11-12-9/h3-7H2,1-2H3,(H,10,14). The Morgan fingerprint density at radius 3 is 2.93 bits per heavy atom. The SMILES string of the molecule is CCNC(=O)CN(C)CCCN=[N+]=[N-]. The first-order valence-corrected chi connectivity index (χ1v) is 4.66. The van der Waals surface area contributed by atoms with Gasteiger partial charge < -0.3 is 5.32 Å². The highest BCUT2D eigenvalue weighted by atomic mass is 16.1. The highest BCUT2D eigenvalue weighted by Gasteiger charge is 2.03. The van der Waals surface area contributed by atoms with Gasteiger partial charge in [0, 0.05) is 18.0 Å². The first kappa shape index (κ1) is 12.7. The highest BCUT2D eigenvalue weighted by Crippen LogP contribution is 1.88. The van der Waals surface area contributed by atoms with Crippen molar-refractivity contribution in [1.82, 2.24) is 10.2 Å². The molecule has 0 saturated carbocycles. The summed E-state index contributed by atoms with van der Waals surface area (Å²) in [6.07, 6.45) is 0.778. The minimum absolute atomic E-state index is 0.0267. The lowest BCUT2D eigenvalue weighted by Crippen LogP contribution is -2.35. The minimum atomic E-state index is 0.0267.